The SMILES string of the molecule is O=C(COc1ccc(Cl)cc1Cl)NC1CCN(C2CC2)CC1. The Morgan fingerprint density at radius 2 is 1.95 bits per heavy atom. The Labute approximate surface area is 140 Å². The maximum Gasteiger partial charge on any atom is 0.258 e. The van der Waals surface area contributed by atoms with Gasteiger partial charge in [-0.2, -0.15) is 0 Å². The highest BCUT2D eigenvalue weighted by Crippen LogP contribution is 2.29. The molecule has 0 aromatic heterocycles. The van der Waals surface area contributed by atoms with Crippen molar-refractivity contribution in [1.29, 1.82) is 0 Å². The first kappa shape index (κ1) is 15.9. The van der Waals surface area contributed by atoms with E-state index in [2.05, 4.69) is 10.2 Å². The Balaban J connectivity index is 1.40. The number of nitrogens with zero attached hydrogens (tertiary/aromatic N) is 1. The van der Waals surface area contributed by atoms with Crippen molar-refractivity contribution in [2.45, 2.75) is 37.8 Å². The number of carbonyl (C=O) groups excluding carboxylic acids is 1. The van der Waals surface area contributed by atoms with Crippen LogP contribution in [0.15, 0.2) is 18.2 Å². The maximum atomic E-state index is 12.0. The van der Waals surface area contributed by atoms with Crippen molar-refractivity contribution < 1.29 is 9.53 Å². The number of hydrogen-bond acceptors (Lipinski definition) is 3. The molecule has 22 heavy (non-hydrogen) atoms. The topological polar surface area (TPSA) is 41.6 Å². The molecule has 0 spiro atoms. The number of nitrogens with one attached hydrogen (secondary N) is 1. The van der Waals surface area contributed by atoms with Gasteiger partial charge in [0.05, 0.1) is 5.02 Å². The predicted molar refractivity (Wildman–Crippen MR) is 87.7 cm³/mol. The fourth-order valence-electron chi connectivity index (χ4n) is 2.85. The number of benzene rings is 1. The fourth-order valence-corrected chi connectivity index (χ4v) is 3.32. The van der Waals surface area contributed by atoms with Gasteiger partial charge in [0.2, 0.25) is 0 Å². The van der Waals surface area contributed by atoms with Gasteiger partial charge in [0.25, 0.3) is 5.91 Å². The monoisotopic (exact) mass is 342 g/mol. The summed E-state index contributed by atoms with van der Waals surface area (Å²) >= 11 is 11.8. The first-order chi connectivity index (χ1) is 10.6. The van der Waals surface area contributed by atoms with Crippen molar-refractivity contribution >= 4 is 29.1 Å². The van der Waals surface area contributed by atoms with Crippen LogP contribution in [0.3, 0.4) is 0 Å². The zero-order valence-corrected chi connectivity index (χ0v) is 13.9. The Bertz CT molecular complexity index is 541. The van der Waals surface area contributed by atoms with Crippen molar-refractivity contribution in [2.75, 3.05) is 19.7 Å². The second-order valence-electron chi connectivity index (χ2n) is 5.97. The van der Waals surface area contributed by atoms with Crippen LogP contribution in [-0.2, 0) is 4.79 Å². The minimum absolute atomic E-state index is 0.0236. The summed E-state index contributed by atoms with van der Waals surface area (Å²) in [6.45, 7) is 2.14. The fraction of sp³-hybridized carbons (Fsp3) is 0.562. The number of carbonyl (C=O) groups is 1. The highest BCUT2D eigenvalue weighted by atomic mass is 35.5. The summed E-state index contributed by atoms with van der Waals surface area (Å²) in [4.78, 5) is 14.5. The number of piperidine rings is 1. The van der Waals surface area contributed by atoms with Crippen LogP contribution in [-0.4, -0.2) is 42.6 Å². The second kappa shape index (κ2) is 7.07. The van der Waals surface area contributed by atoms with Gasteiger partial charge < -0.3 is 15.0 Å². The largest absolute Gasteiger partial charge is 0.482 e. The van der Waals surface area contributed by atoms with Gasteiger partial charge in [0.1, 0.15) is 5.75 Å². The van der Waals surface area contributed by atoms with E-state index in [4.69, 9.17) is 27.9 Å². The molecule has 1 aliphatic carbocycles. The molecule has 1 aliphatic heterocycles. The van der Waals surface area contributed by atoms with Gasteiger partial charge in [-0.3, -0.25) is 4.79 Å². The third-order valence-corrected chi connectivity index (χ3v) is 4.74. The summed E-state index contributed by atoms with van der Waals surface area (Å²) in [5.74, 6) is 0.376. The summed E-state index contributed by atoms with van der Waals surface area (Å²) in [7, 11) is 0. The third kappa shape index (κ3) is 4.28. The van der Waals surface area contributed by atoms with Crippen molar-refractivity contribution in [1.82, 2.24) is 10.2 Å². The second-order valence-corrected chi connectivity index (χ2v) is 6.82. The lowest BCUT2D eigenvalue weighted by molar-refractivity contribution is -0.124. The highest BCUT2D eigenvalue weighted by molar-refractivity contribution is 6.35. The van der Waals surface area contributed by atoms with Crippen molar-refractivity contribution in [3.05, 3.63) is 28.2 Å². The van der Waals surface area contributed by atoms with E-state index in [1.165, 1.54) is 12.8 Å². The van der Waals surface area contributed by atoms with Gasteiger partial charge in [-0.05, 0) is 43.9 Å². The molecule has 1 aromatic rings. The maximum absolute atomic E-state index is 12.0. The average Bonchev–Trinajstić information content (AvgIpc) is 3.32. The van der Waals surface area contributed by atoms with Gasteiger partial charge in [0, 0.05) is 30.2 Å². The molecule has 1 heterocycles. The van der Waals surface area contributed by atoms with Crippen LogP contribution in [0, 0.1) is 0 Å². The van der Waals surface area contributed by atoms with Crippen LogP contribution in [0.4, 0.5) is 0 Å². The Kier molecular flexibility index (Phi) is 5.11. The third-order valence-electron chi connectivity index (χ3n) is 4.21. The number of likely N-dealkylation sites (tertiary alicyclic amines) is 1. The lowest BCUT2D eigenvalue weighted by Crippen LogP contribution is -2.46. The van der Waals surface area contributed by atoms with Crippen LogP contribution < -0.4 is 10.1 Å². The number of ether oxygens (including phenoxy) is 1. The van der Waals surface area contributed by atoms with E-state index in [9.17, 15) is 4.79 Å². The molecule has 4 nitrogen and oxygen atoms in total. The van der Waals surface area contributed by atoms with E-state index in [1.807, 2.05) is 0 Å². The Hall–Kier alpha value is -0.970. The van der Waals surface area contributed by atoms with Gasteiger partial charge in [-0.25, -0.2) is 0 Å². The molecule has 0 unspecified atom stereocenters. The summed E-state index contributed by atoms with van der Waals surface area (Å²) in [5, 5.41) is 4.00. The van der Waals surface area contributed by atoms with E-state index >= 15 is 0 Å². The standard InChI is InChI=1S/C16H20Cl2N2O2/c17-11-1-4-15(14(18)9-11)22-10-16(21)19-12-5-7-20(8-6-12)13-2-3-13/h1,4,9,12-13H,2-3,5-8,10H2,(H,19,21). The first-order valence-corrected chi connectivity index (χ1v) is 8.48. The predicted octanol–water partition coefficient (Wildman–Crippen LogP) is 3.12. The molecule has 0 radical (unpaired) electrons. The molecular weight excluding hydrogens is 323 g/mol. The molecular formula is C16H20Cl2N2O2. The van der Waals surface area contributed by atoms with Crippen LogP contribution in [0.2, 0.25) is 10.0 Å². The smallest absolute Gasteiger partial charge is 0.258 e. The van der Waals surface area contributed by atoms with E-state index in [0.717, 1.165) is 32.0 Å². The lowest BCUT2D eigenvalue weighted by atomic mass is 10.0. The molecule has 1 saturated heterocycles. The molecule has 1 aromatic carbocycles. The van der Waals surface area contributed by atoms with E-state index in [-0.39, 0.29) is 18.6 Å². The Morgan fingerprint density at radius 3 is 2.59 bits per heavy atom. The molecule has 1 saturated carbocycles. The lowest BCUT2D eigenvalue weighted by Gasteiger charge is -2.32. The molecule has 3 rings (SSSR count). The summed E-state index contributed by atoms with van der Waals surface area (Å²) < 4.78 is 5.45. The molecule has 0 atom stereocenters. The molecule has 6 heteroatoms. The Morgan fingerprint density at radius 1 is 1.23 bits per heavy atom. The van der Waals surface area contributed by atoms with Crippen molar-refractivity contribution in [3.8, 4) is 5.75 Å². The van der Waals surface area contributed by atoms with Gasteiger partial charge in [0.15, 0.2) is 6.61 Å². The molecule has 1 N–H and O–H groups in total. The average molecular weight is 343 g/mol. The highest BCUT2D eigenvalue weighted by Gasteiger charge is 2.32. The molecule has 120 valence electrons. The number of halogens is 2. The van der Waals surface area contributed by atoms with E-state index in [1.54, 1.807) is 18.2 Å². The first-order valence-electron chi connectivity index (χ1n) is 7.73. The minimum Gasteiger partial charge on any atom is -0.482 e. The van der Waals surface area contributed by atoms with Crippen LogP contribution in [0.25, 0.3) is 0 Å². The van der Waals surface area contributed by atoms with Gasteiger partial charge in [-0.1, -0.05) is 23.2 Å². The van der Waals surface area contributed by atoms with Crippen LogP contribution in [0.5, 0.6) is 5.75 Å². The minimum atomic E-state index is -0.101. The molecule has 2 aliphatic rings. The van der Waals surface area contributed by atoms with Crippen molar-refractivity contribution in [2.24, 2.45) is 0 Å². The quantitative estimate of drug-likeness (QED) is 0.893. The summed E-state index contributed by atoms with van der Waals surface area (Å²) in [6, 6.07) is 6.03. The zero-order chi connectivity index (χ0) is 15.5. The van der Waals surface area contributed by atoms with Gasteiger partial charge >= 0.3 is 0 Å². The van der Waals surface area contributed by atoms with Gasteiger partial charge in [-0.15, -0.1) is 0 Å². The van der Waals surface area contributed by atoms with E-state index in [0.29, 0.717) is 15.8 Å². The molecule has 2 fully saturated rings. The summed E-state index contributed by atoms with van der Waals surface area (Å²) in [5.41, 5.74) is 0. The van der Waals surface area contributed by atoms with Crippen molar-refractivity contribution in [3.63, 3.8) is 0 Å². The van der Waals surface area contributed by atoms with Crippen LogP contribution >= 0.6 is 23.2 Å². The normalized spacial score (nSPS) is 19.9. The molecule has 1 amide bonds. The number of amides is 1. The molecule has 0 bridgehead atoms. The number of hydrogen-bond donors (Lipinski definition) is 1. The number of rotatable bonds is 5. The summed E-state index contributed by atoms with van der Waals surface area (Å²) in [6.07, 6.45) is 4.72. The zero-order valence-electron chi connectivity index (χ0n) is 12.4. The van der Waals surface area contributed by atoms with E-state index < -0.39 is 0 Å². The van der Waals surface area contributed by atoms with Crippen LogP contribution in [0.1, 0.15) is 25.7 Å².